The minimum Gasteiger partial charge on any atom is -0.507 e. The lowest BCUT2D eigenvalue weighted by atomic mass is 9.72. The predicted octanol–water partition coefficient (Wildman–Crippen LogP) is 18.1. The molecule has 0 aliphatic heterocycles. The Morgan fingerprint density at radius 2 is 0.671 bits per heavy atom. The van der Waals surface area contributed by atoms with E-state index in [0.29, 0.717) is 5.69 Å². The van der Waals surface area contributed by atoms with Gasteiger partial charge in [-0.1, -0.05) is 73.9 Å². The maximum absolute atomic E-state index is 12.6. The van der Waals surface area contributed by atoms with Crippen LogP contribution in [0.15, 0.2) is 59.8 Å². The van der Waals surface area contributed by atoms with Crippen molar-refractivity contribution in [3.05, 3.63) is 210 Å². The molecule has 416 valence electrons. The first-order chi connectivity index (χ1) is 37.2. The zero-order chi connectivity index (χ0) is 58.0. The fraction of sp³-hybridized carbons (Fsp3) is 0.408. The van der Waals surface area contributed by atoms with Crippen LogP contribution in [0.5, 0.6) is 28.7 Å². The summed E-state index contributed by atoms with van der Waals surface area (Å²) in [6.45, 7) is 38.7. The normalized spacial score (nSPS) is 14.2. The lowest BCUT2D eigenvalue weighted by Crippen LogP contribution is -2.26. The number of benzene rings is 7. The summed E-state index contributed by atoms with van der Waals surface area (Å²) >= 11 is 0. The van der Waals surface area contributed by atoms with Gasteiger partial charge in [-0.05, 0) is 300 Å². The Morgan fingerprint density at radius 3 is 1.00 bits per heavy atom. The lowest BCUT2D eigenvalue weighted by molar-refractivity contribution is -0.117. The molecule has 3 atom stereocenters. The first-order valence-corrected chi connectivity index (χ1v) is 28.4. The summed E-state index contributed by atoms with van der Waals surface area (Å²) in [4.78, 5) is 12.6. The zero-order valence-electron chi connectivity index (χ0n) is 50.6. The van der Waals surface area contributed by atoms with Gasteiger partial charge in [0.15, 0.2) is 6.29 Å². The van der Waals surface area contributed by atoms with E-state index in [4.69, 9.17) is 9.47 Å². The van der Waals surface area contributed by atoms with Gasteiger partial charge in [-0.2, -0.15) is 0 Å². The van der Waals surface area contributed by atoms with Crippen LogP contribution in [0.1, 0.15) is 207 Å². The molecule has 0 spiro atoms. The Labute approximate surface area is 470 Å². The van der Waals surface area contributed by atoms with E-state index in [0.717, 1.165) is 169 Å². The maximum atomic E-state index is 12.6. The summed E-state index contributed by atoms with van der Waals surface area (Å²) in [6.07, 6.45) is 5.41. The summed E-state index contributed by atoms with van der Waals surface area (Å²) in [5.41, 5.74) is 25.6. The molecule has 1 fully saturated rings. The van der Waals surface area contributed by atoms with Gasteiger partial charge in [0.25, 0.3) is 0 Å². The largest absolute Gasteiger partial charge is 0.507 e. The number of aryl methyl sites for hydroxylation is 6. The third-order valence-electron chi connectivity index (χ3n) is 18.7. The monoisotopic (exact) mass is 1060 g/mol. The van der Waals surface area contributed by atoms with Crippen LogP contribution < -0.4 is 4.74 Å². The fourth-order valence-corrected chi connectivity index (χ4v) is 13.2. The Bertz CT molecular complexity index is 3510. The van der Waals surface area contributed by atoms with E-state index in [9.17, 15) is 25.3 Å². The molecule has 1 aliphatic carbocycles. The molecule has 7 aromatic carbocycles. The van der Waals surface area contributed by atoms with Gasteiger partial charge in [-0.15, -0.1) is 4.91 Å². The van der Waals surface area contributed by atoms with Crippen LogP contribution in [-0.2, 0) is 4.74 Å². The molecule has 8 nitrogen and oxygen atoms in total. The quantitative estimate of drug-likeness (QED) is 0.0485. The number of hydrogen-bond acceptors (Lipinski definition) is 8. The molecule has 8 heteroatoms. The summed E-state index contributed by atoms with van der Waals surface area (Å²) < 4.78 is 13.4. The minimum atomic E-state index is -0.437. The highest BCUT2D eigenvalue weighted by molar-refractivity contribution is 5.67. The van der Waals surface area contributed by atoms with Gasteiger partial charge < -0.3 is 29.9 Å². The average molecular weight is 1060 g/mol. The third-order valence-corrected chi connectivity index (χ3v) is 18.7. The molecule has 0 aromatic heterocycles. The van der Waals surface area contributed by atoms with Gasteiger partial charge in [0.2, 0.25) is 0 Å². The maximum Gasteiger partial charge on any atom is 0.197 e. The van der Waals surface area contributed by atoms with Crippen LogP contribution in [0.2, 0.25) is 0 Å². The van der Waals surface area contributed by atoms with Crippen LogP contribution in [0.25, 0.3) is 0 Å². The number of phenolic OH excluding ortho intramolecular Hbond substituents is 4. The van der Waals surface area contributed by atoms with Crippen molar-refractivity contribution in [1.29, 1.82) is 0 Å². The van der Waals surface area contributed by atoms with E-state index < -0.39 is 18.1 Å². The second kappa shape index (κ2) is 22.7. The van der Waals surface area contributed by atoms with Crippen LogP contribution in [0.4, 0.5) is 5.69 Å². The summed E-state index contributed by atoms with van der Waals surface area (Å²) in [6, 6.07) is 20.1. The molecule has 3 unspecified atom stereocenters. The first kappa shape index (κ1) is 58.3. The molecular weight excluding hydrogens is 979 g/mol. The Hall–Kier alpha value is -6.90. The molecule has 4 N–H and O–H groups in total. The number of hydrogen-bond donors (Lipinski definition) is 4. The number of ether oxygens (including phenoxy) is 2. The molecule has 0 radical (unpaired) electrons. The van der Waals surface area contributed by atoms with Crippen molar-refractivity contribution < 1.29 is 29.9 Å². The highest BCUT2D eigenvalue weighted by Gasteiger charge is 2.34. The van der Waals surface area contributed by atoms with E-state index in [1.165, 1.54) is 19.3 Å². The van der Waals surface area contributed by atoms with Crippen molar-refractivity contribution in [2.45, 2.75) is 194 Å². The second-order valence-corrected chi connectivity index (χ2v) is 23.7. The van der Waals surface area contributed by atoms with Crippen LogP contribution in [0.3, 0.4) is 0 Å². The zero-order valence-corrected chi connectivity index (χ0v) is 50.6. The number of aromatic hydroxyl groups is 4. The predicted molar refractivity (Wildman–Crippen MR) is 323 cm³/mol. The van der Waals surface area contributed by atoms with E-state index >= 15 is 0 Å². The van der Waals surface area contributed by atoms with E-state index in [1.54, 1.807) is 0 Å². The number of phenols is 4. The van der Waals surface area contributed by atoms with Gasteiger partial charge in [-0.25, -0.2) is 0 Å². The Balaban J connectivity index is 1.57. The topological polar surface area (TPSA) is 129 Å². The Kier molecular flexibility index (Phi) is 16.7. The van der Waals surface area contributed by atoms with Crippen molar-refractivity contribution in [2.75, 3.05) is 0 Å². The molecule has 0 amide bonds. The highest BCUT2D eigenvalue weighted by Crippen LogP contribution is 2.50. The molecule has 79 heavy (non-hydrogen) atoms. The second-order valence-electron chi connectivity index (χ2n) is 23.7. The molecule has 0 saturated heterocycles. The number of nitrogens with zero attached hydrogens (tertiary/aromatic N) is 1. The first-order valence-electron chi connectivity index (χ1n) is 28.4. The molecule has 0 bridgehead atoms. The van der Waals surface area contributed by atoms with E-state index in [-0.39, 0.29) is 35.0 Å². The highest BCUT2D eigenvalue weighted by atomic mass is 16.7. The summed E-state index contributed by atoms with van der Waals surface area (Å²) in [5, 5.41) is 49.8. The minimum absolute atomic E-state index is 0.179. The van der Waals surface area contributed by atoms with Crippen LogP contribution >= 0.6 is 0 Å². The number of rotatable bonds is 14. The van der Waals surface area contributed by atoms with Crippen molar-refractivity contribution in [3.8, 4) is 28.7 Å². The summed E-state index contributed by atoms with van der Waals surface area (Å²) in [7, 11) is 0. The number of nitroso groups, excluding NO2 is 1. The average Bonchev–Trinajstić information content (AvgIpc) is 3.58. The van der Waals surface area contributed by atoms with Crippen molar-refractivity contribution in [2.24, 2.45) is 5.18 Å². The standard InChI is InChI=1S/C71H85NO7/c1-34-25-57(40(7)46(13)66(34)72-77)63(58-26-35(2)67(73)47(14)41(58)8)53-31-54(64(59-27-36(3)68(74)48(15)42(59)9)60-28-37(4)69(75)49(16)43(60)10)33-55(32-53)65(61-29-38(5)70(76)50(17)44(61)11)62-30-39(6)71(51(18)45(62)12)79-52(19)78-56-23-21-20-22-24-56/h25-33,52,56,63-65,73-76H,20-24H2,1-19H3. The van der Waals surface area contributed by atoms with Gasteiger partial charge in [0.1, 0.15) is 34.4 Å². The van der Waals surface area contributed by atoms with Gasteiger partial charge >= 0.3 is 0 Å². The Morgan fingerprint density at radius 1 is 0.380 bits per heavy atom. The van der Waals surface area contributed by atoms with Crippen molar-refractivity contribution in [3.63, 3.8) is 0 Å². The van der Waals surface area contributed by atoms with Crippen molar-refractivity contribution >= 4 is 5.69 Å². The molecular formula is C71H85NO7. The molecule has 7 aromatic rings. The molecule has 1 aliphatic rings. The van der Waals surface area contributed by atoms with Crippen LogP contribution in [0, 0.1) is 130 Å². The SMILES string of the molecule is Cc1cc(C(c2cc(C(c3cc(C)c(O)c(C)c3C)c3cc(C)c(N=O)c(C)c3C)cc(C(c3cc(C)c(O)c(C)c3C)c3cc(C)c(OC(C)OC4CCCCC4)c(C)c3C)c2)c2cc(C)c(O)c(C)c2C)c(C)c(C)c1O. The molecule has 8 rings (SSSR count). The van der Waals surface area contributed by atoms with Gasteiger partial charge in [-0.3, -0.25) is 0 Å². The summed E-state index contributed by atoms with van der Waals surface area (Å²) in [5.74, 6) is 0.691. The molecule has 1 saturated carbocycles. The third kappa shape index (κ3) is 10.6. The van der Waals surface area contributed by atoms with Gasteiger partial charge in [0.05, 0.1) is 6.10 Å². The lowest BCUT2D eigenvalue weighted by Gasteiger charge is -2.32. The van der Waals surface area contributed by atoms with Crippen molar-refractivity contribution in [1.82, 2.24) is 0 Å². The molecule has 0 heterocycles. The fourth-order valence-electron chi connectivity index (χ4n) is 13.2. The van der Waals surface area contributed by atoms with E-state index in [1.807, 2.05) is 76.2 Å². The van der Waals surface area contributed by atoms with E-state index in [2.05, 4.69) is 115 Å². The van der Waals surface area contributed by atoms with Crippen LogP contribution in [-0.4, -0.2) is 32.8 Å². The smallest absolute Gasteiger partial charge is 0.197 e. The van der Waals surface area contributed by atoms with Gasteiger partial charge in [0, 0.05) is 17.8 Å².